The zero-order valence-corrected chi connectivity index (χ0v) is 20.9. The molecule has 182 valence electrons. The van der Waals surface area contributed by atoms with E-state index in [9.17, 15) is 9.59 Å². The van der Waals surface area contributed by atoms with Crippen molar-refractivity contribution in [3.8, 4) is 11.5 Å². The van der Waals surface area contributed by atoms with Crippen LogP contribution in [0.1, 0.15) is 55.4 Å². The van der Waals surface area contributed by atoms with Gasteiger partial charge in [0.2, 0.25) is 5.91 Å². The van der Waals surface area contributed by atoms with E-state index in [2.05, 4.69) is 16.0 Å². The fraction of sp³-hybridized carbons (Fsp3) is 0.667. The quantitative estimate of drug-likeness (QED) is 0.399. The normalized spacial score (nSPS) is 11.8. The van der Waals surface area contributed by atoms with E-state index in [1.54, 1.807) is 21.3 Å². The van der Waals surface area contributed by atoms with Gasteiger partial charge < -0.3 is 30.2 Å². The van der Waals surface area contributed by atoms with E-state index in [-0.39, 0.29) is 18.0 Å². The molecule has 0 heterocycles. The summed E-state index contributed by atoms with van der Waals surface area (Å²) in [5.74, 6) is 1.71. The third-order valence-corrected chi connectivity index (χ3v) is 5.56. The minimum Gasteiger partial charge on any atom is -0.496 e. The lowest BCUT2D eigenvalue weighted by Crippen LogP contribution is -2.45. The third kappa shape index (κ3) is 7.89. The highest BCUT2D eigenvalue weighted by molar-refractivity contribution is 5.81. The van der Waals surface area contributed by atoms with Crippen LogP contribution >= 0.6 is 0 Å². The summed E-state index contributed by atoms with van der Waals surface area (Å²) in [6.07, 6.45) is 2.25. The number of amides is 2. The maximum atomic E-state index is 12.1. The molecule has 0 aliphatic heterocycles. The molecule has 0 aromatic heterocycles. The second-order valence-electron chi connectivity index (χ2n) is 8.23. The molecule has 2 amide bonds. The molecule has 0 radical (unpaired) electrons. The molecule has 0 bridgehead atoms. The summed E-state index contributed by atoms with van der Waals surface area (Å²) in [6, 6.07) is -0.177. The molecule has 1 unspecified atom stereocenters. The number of rotatable bonds is 13. The highest BCUT2D eigenvalue weighted by Crippen LogP contribution is 2.38. The standard InChI is InChI=1S/C24H41N3O5/c1-15(2)27-23(28)20(25-6)12-9-13-26-24(29)32-14-10-11-19-18(5)21(30-7)16(3)17(4)22(19)31-8/h15,20,25H,9-14H2,1-8H3,(H,26,29)(H,27,28). The van der Waals surface area contributed by atoms with Crippen molar-refractivity contribution in [1.82, 2.24) is 16.0 Å². The molecule has 1 aromatic rings. The van der Waals surface area contributed by atoms with Crippen molar-refractivity contribution in [2.75, 3.05) is 34.4 Å². The predicted octanol–water partition coefficient (Wildman–Crippen LogP) is 3.18. The molecule has 0 spiro atoms. The SMILES string of the molecule is CNC(CCCNC(=O)OCCCc1c(C)c(OC)c(C)c(C)c1OC)C(=O)NC(C)C. The Hall–Kier alpha value is -2.48. The van der Waals surface area contributed by atoms with Crippen molar-refractivity contribution >= 4 is 12.0 Å². The first-order valence-corrected chi connectivity index (χ1v) is 11.3. The summed E-state index contributed by atoms with van der Waals surface area (Å²) >= 11 is 0. The fourth-order valence-corrected chi connectivity index (χ4v) is 3.79. The lowest BCUT2D eigenvalue weighted by Gasteiger charge is -2.20. The Kier molecular flexibility index (Phi) is 11.9. The minimum absolute atomic E-state index is 0.0289. The molecule has 0 aliphatic carbocycles. The van der Waals surface area contributed by atoms with E-state index in [1.807, 2.05) is 34.6 Å². The van der Waals surface area contributed by atoms with Crippen LogP contribution in [0, 0.1) is 20.8 Å². The summed E-state index contributed by atoms with van der Waals surface area (Å²) in [5.41, 5.74) is 4.26. The predicted molar refractivity (Wildman–Crippen MR) is 127 cm³/mol. The Labute approximate surface area is 192 Å². The van der Waals surface area contributed by atoms with Gasteiger partial charge in [-0.15, -0.1) is 0 Å². The number of ether oxygens (including phenoxy) is 3. The fourth-order valence-electron chi connectivity index (χ4n) is 3.79. The average Bonchev–Trinajstić information content (AvgIpc) is 2.74. The van der Waals surface area contributed by atoms with Gasteiger partial charge in [0.25, 0.3) is 0 Å². The molecular formula is C24H41N3O5. The van der Waals surface area contributed by atoms with E-state index >= 15 is 0 Å². The van der Waals surface area contributed by atoms with Gasteiger partial charge in [-0.3, -0.25) is 4.79 Å². The Morgan fingerprint density at radius 1 is 0.938 bits per heavy atom. The van der Waals surface area contributed by atoms with Crippen LogP contribution in [-0.2, 0) is 16.0 Å². The summed E-state index contributed by atoms with van der Waals surface area (Å²) in [4.78, 5) is 24.0. The topological polar surface area (TPSA) is 97.9 Å². The molecule has 1 rings (SSSR count). The summed E-state index contributed by atoms with van der Waals surface area (Å²) in [5, 5.41) is 8.64. The maximum Gasteiger partial charge on any atom is 0.407 e. The average molecular weight is 452 g/mol. The van der Waals surface area contributed by atoms with Crippen molar-refractivity contribution < 1.29 is 23.8 Å². The number of nitrogens with one attached hydrogen (secondary N) is 3. The Morgan fingerprint density at radius 3 is 2.12 bits per heavy atom. The van der Waals surface area contributed by atoms with Crippen LogP contribution in [-0.4, -0.2) is 58.5 Å². The second-order valence-corrected chi connectivity index (χ2v) is 8.23. The van der Waals surface area contributed by atoms with Crippen LogP contribution in [0.25, 0.3) is 0 Å². The van der Waals surface area contributed by atoms with E-state index in [1.165, 1.54) is 0 Å². The second kappa shape index (κ2) is 13.8. The van der Waals surface area contributed by atoms with Gasteiger partial charge in [-0.1, -0.05) is 0 Å². The highest BCUT2D eigenvalue weighted by Gasteiger charge is 2.19. The number of hydrogen-bond donors (Lipinski definition) is 3. The number of hydrogen-bond acceptors (Lipinski definition) is 6. The van der Waals surface area contributed by atoms with Crippen molar-refractivity contribution in [2.24, 2.45) is 0 Å². The molecule has 0 aliphatic rings. The van der Waals surface area contributed by atoms with Crippen LogP contribution in [0.15, 0.2) is 0 Å². The van der Waals surface area contributed by atoms with E-state index in [4.69, 9.17) is 14.2 Å². The summed E-state index contributed by atoms with van der Waals surface area (Å²) < 4.78 is 16.5. The van der Waals surface area contributed by atoms with Gasteiger partial charge in [0, 0.05) is 18.2 Å². The highest BCUT2D eigenvalue weighted by atomic mass is 16.5. The van der Waals surface area contributed by atoms with Crippen molar-refractivity contribution in [3.63, 3.8) is 0 Å². The number of likely N-dealkylation sites (N-methyl/N-ethyl adjacent to an activating group) is 1. The number of alkyl carbamates (subject to hydrolysis) is 1. The molecule has 0 fully saturated rings. The van der Waals surface area contributed by atoms with E-state index in [0.717, 1.165) is 33.8 Å². The largest absolute Gasteiger partial charge is 0.496 e. The number of carbonyl (C=O) groups is 2. The smallest absolute Gasteiger partial charge is 0.407 e. The Morgan fingerprint density at radius 2 is 1.56 bits per heavy atom. The van der Waals surface area contributed by atoms with Crippen molar-refractivity contribution in [2.45, 2.75) is 72.4 Å². The molecule has 0 saturated heterocycles. The molecule has 8 heteroatoms. The monoisotopic (exact) mass is 451 g/mol. The van der Waals surface area contributed by atoms with Gasteiger partial charge in [-0.05, 0) is 84.0 Å². The van der Waals surface area contributed by atoms with Gasteiger partial charge in [0.05, 0.1) is 26.9 Å². The lowest BCUT2D eigenvalue weighted by atomic mass is 9.94. The molecule has 8 nitrogen and oxygen atoms in total. The number of benzene rings is 1. The summed E-state index contributed by atoms with van der Waals surface area (Å²) in [7, 11) is 5.11. The number of carbonyl (C=O) groups excluding carboxylic acids is 2. The van der Waals surface area contributed by atoms with Crippen LogP contribution < -0.4 is 25.4 Å². The molecule has 1 aromatic carbocycles. The van der Waals surface area contributed by atoms with Gasteiger partial charge >= 0.3 is 6.09 Å². The number of methoxy groups -OCH3 is 2. The molecule has 0 saturated carbocycles. The summed E-state index contributed by atoms with van der Waals surface area (Å²) in [6.45, 7) is 10.7. The zero-order chi connectivity index (χ0) is 24.3. The third-order valence-electron chi connectivity index (χ3n) is 5.56. The first-order chi connectivity index (χ1) is 15.2. The van der Waals surface area contributed by atoms with Crippen LogP contribution in [0.4, 0.5) is 4.79 Å². The first kappa shape index (κ1) is 27.6. The van der Waals surface area contributed by atoms with Crippen LogP contribution in [0.2, 0.25) is 0 Å². The van der Waals surface area contributed by atoms with Crippen molar-refractivity contribution in [3.05, 3.63) is 22.3 Å². The molecule has 3 N–H and O–H groups in total. The lowest BCUT2D eigenvalue weighted by molar-refractivity contribution is -0.123. The van der Waals surface area contributed by atoms with Crippen LogP contribution in [0.5, 0.6) is 11.5 Å². The van der Waals surface area contributed by atoms with E-state index in [0.29, 0.717) is 38.8 Å². The molecular weight excluding hydrogens is 410 g/mol. The van der Waals surface area contributed by atoms with Gasteiger partial charge in [0.15, 0.2) is 0 Å². The van der Waals surface area contributed by atoms with Crippen LogP contribution in [0.3, 0.4) is 0 Å². The van der Waals surface area contributed by atoms with E-state index < -0.39 is 6.09 Å². The first-order valence-electron chi connectivity index (χ1n) is 11.3. The van der Waals surface area contributed by atoms with Gasteiger partial charge in [-0.25, -0.2) is 4.79 Å². The van der Waals surface area contributed by atoms with Crippen molar-refractivity contribution in [1.29, 1.82) is 0 Å². The zero-order valence-electron chi connectivity index (χ0n) is 20.9. The van der Waals surface area contributed by atoms with Gasteiger partial charge in [0.1, 0.15) is 11.5 Å². The Bertz CT molecular complexity index is 765. The Balaban J connectivity index is 2.44. The molecule has 32 heavy (non-hydrogen) atoms. The van der Waals surface area contributed by atoms with Gasteiger partial charge in [-0.2, -0.15) is 0 Å². The maximum absolute atomic E-state index is 12.1. The minimum atomic E-state index is -0.445. The molecule has 1 atom stereocenters.